The van der Waals surface area contributed by atoms with Crippen LogP contribution >= 0.6 is 11.8 Å². The van der Waals surface area contributed by atoms with E-state index in [0.717, 1.165) is 0 Å². The standard InChI is InChI=1S/C10H17NO3S/c1-4-11(7-8(2)10(13)14)9(12)5-6-15-3/h5-6,8H,4,7H2,1-3H3,(H,13,14)/b6-5+. The van der Waals surface area contributed by atoms with Gasteiger partial charge in [-0.1, -0.05) is 6.92 Å². The lowest BCUT2D eigenvalue weighted by atomic mass is 10.1. The maximum Gasteiger partial charge on any atom is 0.308 e. The van der Waals surface area contributed by atoms with Gasteiger partial charge in [-0.3, -0.25) is 9.59 Å². The molecule has 0 rings (SSSR count). The molecule has 15 heavy (non-hydrogen) atoms. The van der Waals surface area contributed by atoms with Gasteiger partial charge in [-0.05, 0) is 18.6 Å². The number of rotatable bonds is 6. The van der Waals surface area contributed by atoms with Crippen molar-refractivity contribution >= 4 is 23.6 Å². The average Bonchev–Trinajstić information content (AvgIpc) is 2.21. The van der Waals surface area contributed by atoms with Crippen molar-refractivity contribution in [3.05, 3.63) is 11.5 Å². The molecule has 0 fully saturated rings. The first kappa shape index (κ1) is 14.0. The Morgan fingerprint density at radius 3 is 2.53 bits per heavy atom. The second-order valence-corrected chi connectivity index (χ2v) is 3.90. The number of hydrogen-bond donors (Lipinski definition) is 1. The van der Waals surface area contributed by atoms with E-state index >= 15 is 0 Å². The van der Waals surface area contributed by atoms with Crippen LogP contribution in [0, 0.1) is 5.92 Å². The highest BCUT2D eigenvalue weighted by molar-refractivity contribution is 8.01. The molecule has 0 radical (unpaired) electrons. The molecule has 0 aromatic rings. The quantitative estimate of drug-likeness (QED) is 0.703. The summed E-state index contributed by atoms with van der Waals surface area (Å²) >= 11 is 1.44. The number of carboxylic acid groups (broad SMARTS) is 1. The van der Waals surface area contributed by atoms with E-state index in [1.807, 2.05) is 13.2 Å². The van der Waals surface area contributed by atoms with Crippen LogP contribution in [-0.4, -0.2) is 41.2 Å². The van der Waals surface area contributed by atoms with E-state index in [9.17, 15) is 9.59 Å². The van der Waals surface area contributed by atoms with Crippen LogP contribution in [0.1, 0.15) is 13.8 Å². The van der Waals surface area contributed by atoms with Gasteiger partial charge in [-0.15, -0.1) is 11.8 Å². The molecular formula is C10H17NO3S. The number of thioether (sulfide) groups is 1. The van der Waals surface area contributed by atoms with Crippen LogP contribution in [0.4, 0.5) is 0 Å². The van der Waals surface area contributed by atoms with Crippen molar-refractivity contribution in [1.29, 1.82) is 0 Å². The molecule has 5 heteroatoms. The summed E-state index contributed by atoms with van der Waals surface area (Å²) in [6.07, 6.45) is 3.32. The Morgan fingerprint density at radius 1 is 1.53 bits per heavy atom. The lowest BCUT2D eigenvalue weighted by Gasteiger charge is -2.21. The van der Waals surface area contributed by atoms with E-state index in [1.54, 1.807) is 12.3 Å². The van der Waals surface area contributed by atoms with Crippen LogP contribution < -0.4 is 0 Å². The molecule has 4 nitrogen and oxygen atoms in total. The number of carbonyl (C=O) groups is 2. The van der Waals surface area contributed by atoms with Crippen LogP contribution in [0.25, 0.3) is 0 Å². The topological polar surface area (TPSA) is 57.6 Å². The highest BCUT2D eigenvalue weighted by atomic mass is 32.2. The second-order valence-electron chi connectivity index (χ2n) is 3.15. The Kier molecular flexibility index (Phi) is 6.86. The van der Waals surface area contributed by atoms with Gasteiger partial charge in [0, 0.05) is 19.2 Å². The molecule has 1 unspecified atom stereocenters. The van der Waals surface area contributed by atoms with Gasteiger partial charge in [0.2, 0.25) is 5.91 Å². The first-order valence-corrected chi connectivity index (χ1v) is 6.02. The number of amides is 1. The van der Waals surface area contributed by atoms with Crippen molar-refractivity contribution in [3.63, 3.8) is 0 Å². The third-order valence-corrected chi connectivity index (χ3v) is 2.36. The summed E-state index contributed by atoms with van der Waals surface area (Å²) in [5.74, 6) is -1.55. The zero-order valence-corrected chi connectivity index (χ0v) is 10.1. The average molecular weight is 231 g/mol. The van der Waals surface area contributed by atoms with E-state index in [-0.39, 0.29) is 12.5 Å². The fourth-order valence-electron chi connectivity index (χ4n) is 1.02. The fraction of sp³-hybridized carbons (Fsp3) is 0.600. The first-order chi connectivity index (χ1) is 7.02. The number of carbonyl (C=O) groups excluding carboxylic acids is 1. The van der Waals surface area contributed by atoms with E-state index in [2.05, 4.69) is 0 Å². The van der Waals surface area contributed by atoms with Gasteiger partial charge in [0.15, 0.2) is 0 Å². The van der Waals surface area contributed by atoms with E-state index in [1.165, 1.54) is 22.7 Å². The Morgan fingerprint density at radius 2 is 2.13 bits per heavy atom. The maximum absolute atomic E-state index is 11.5. The van der Waals surface area contributed by atoms with Gasteiger partial charge in [0.05, 0.1) is 5.92 Å². The van der Waals surface area contributed by atoms with E-state index < -0.39 is 11.9 Å². The summed E-state index contributed by atoms with van der Waals surface area (Å²) in [7, 11) is 0. The SMILES string of the molecule is CCN(CC(C)C(=O)O)C(=O)/C=C/SC. The molecule has 0 spiro atoms. The number of carboxylic acids is 1. The summed E-state index contributed by atoms with van der Waals surface area (Å²) in [6.45, 7) is 4.20. The lowest BCUT2D eigenvalue weighted by molar-refractivity contribution is -0.142. The second kappa shape index (κ2) is 7.34. The normalized spacial score (nSPS) is 12.7. The highest BCUT2D eigenvalue weighted by Crippen LogP contribution is 2.03. The third kappa shape index (κ3) is 5.47. The molecular weight excluding hydrogens is 214 g/mol. The smallest absolute Gasteiger partial charge is 0.308 e. The van der Waals surface area contributed by atoms with E-state index in [4.69, 9.17) is 5.11 Å². The Hall–Kier alpha value is -0.970. The van der Waals surface area contributed by atoms with Gasteiger partial charge in [0.25, 0.3) is 0 Å². The molecule has 0 aliphatic carbocycles. The van der Waals surface area contributed by atoms with Gasteiger partial charge in [-0.25, -0.2) is 0 Å². The molecule has 0 aromatic carbocycles. The summed E-state index contributed by atoms with van der Waals surface area (Å²) in [4.78, 5) is 23.7. The molecule has 0 heterocycles. The number of aliphatic carboxylic acids is 1. The fourth-order valence-corrected chi connectivity index (χ4v) is 1.27. The Bertz CT molecular complexity index is 253. The maximum atomic E-state index is 11.5. The first-order valence-electron chi connectivity index (χ1n) is 4.74. The minimum atomic E-state index is -0.880. The van der Waals surface area contributed by atoms with Crippen LogP contribution in [0.2, 0.25) is 0 Å². The molecule has 1 amide bonds. The van der Waals surface area contributed by atoms with Gasteiger partial charge in [-0.2, -0.15) is 0 Å². The zero-order chi connectivity index (χ0) is 11.8. The monoisotopic (exact) mass is 231 g/mol. The van der Waals surface area contributed by atoms with Crippen molar-refractivity contribution in [2.24, 2.45) is 5.92 Å². The number of hydrogen-bond acceptors (Lipinski definition) is 3. The minimum Gasteiger partial charge on any atom is -0.481 e. The predicted octanol–water partition coefficient (Wildman–Crippen LogP) is 1.43. The van der Waals surface area contributed by atoms with Crippen LogP contribution in [0.15, 0.2) is 11.5 Å². The van der Waals surface area contributed by atoms with E-state index in [0.29, 0.717) is 6.54 Å². The molecule has 1 atom stereocenters. The predicted molar refractivity (Wildman–Crippen MR) is 61.7 cm³/mol. The molecule has 0 saturated heterocycles. The summed E-state index contributed by atoms with van der Waals surface area (Å²) in [6, 6.07) is 0. The van der Waals surface area contributed by atoms with Gasteiger partial charge in [0.1, 0.15) is 0 Å². The van der Waals surface area contributed by atoms with Crippen LogP contribution in [-0.2, 0) is 9.59 Å². The summed E-state index contributed by atoms with van der Waals surface area (Å²) < 4.78 is 0. The third-order valence-electron chi connectivity index (χ3n) is 1.96. The number of likely N-dealkylation sites (N-methyl/N-ethyl adjacent to an activating group) is 1. The van der Waals surface area contributed by atoms with Crippen molar-refractivity contribution in [2.45, 2.75) is 13.8 Å². The zero-order valence-electron chi connectivity index (χ0n) is 9.27. The molecule has 86 valence electrons. The molecule has 0 aliphatic rings. The summed E-state index contributed by atoms with van der Waals surface area (Å²) in [5.41, 5.74) is 0. The molecule has 0 aromatic heterocycles. The largest absolute Gasteiger partial charge is 0.481 e. The molecule has 0 saturated carbocycles. The van der Waals surface area contributed by atoms with Crippen LogP contribution in [0.3, 0.4) is 0 Å². The molecule has 0 aliphatic heterocycles. The van der Waals surface area contributed by atoms with Crippen molar-refractivity contribution in [1.82, 2.24) is 4.90 Å². The lowest BCUT2D eigenvalue weighted by Crippen LogP contribution is -2.35. The molecule has 0 bridgehead atoms. The summed E-state index contributed by atoms with van der Waals surface area (Å²) in [5, 5.41) is 10.4. The Balaban J connectivity index is 4.30. The molecule has 1 N–H and O–H groups in total. The van der Waals surface area contributed by atoms with Crippen molar-refractivity contribution < 1.29 is 14.7 Å². The van der Waals surface area contributed by atoms with Gasteiger partial charge < -0.3 is 10.0 Å². The Labute approximate surface area is 94.3 Å². The van der Waals surface area contributed by atoms with Crippen LogP contribution in [0.5, 0.6) is 0 Å². The van der Waals surface area contributed by atoms with Crippen molar-refractivity contribution in [3.8, 4) is 0 Å². The van der Waals surface area contributed by atoms with Gasteiger partial charge >= 0.3 is 5.97 Å². The highest BCUT2D eigenvalue weighted by Gasteiger charge is 2.17. The number of nitrogens with zero attached hydrogens (tertiary/aromatic N) is 1. The van der Waals surface area contributed by atoms with Crippen molar-refractivity contribution in [2.75, 3.05) is 19.3 Å². The minimum absolute atomic E-state index is 0.139.